The maximum absolute atomic E-state index is 10.7. The molecule has 30 heavy (non-hydrogen) atoms. The smallest absolute Gasteiger partial charge is 0.303 e. The number of fused-ring (bicyclic) bond motifs is 1. The summed E-state index contributed by atoms with van der Waals surface area (Å²) in [6.07, 6.45) is 3.43. The van der Waals surface area contributed by atoms with Crippen molar-refractivity contribution in [2.75, 3.05) is 0 Å². The average molecular weight is 411 g/mol. The van der Waals surface area contributed by atoms with Crippen LogP contribution in [0.5, 0.6) is 0 Å². The fraction of sp³-hybridized carbons (Fsp3) is 0.462. The largest absolute Gasteiger partial charge is 0.481 e. The van der Waals surface area contributed by atoms with E-state index in [-0.39, 0.29) is 23.7 Å². The molecule has 4 heteroatoms. The normalized spacial score (nSPS) is 16.0. The van der Waals surface area contributed by atoms with Gasteiger partial charge in [-0.2, -0.15) is 0 Å². The molecule has 2 aromatic rings. The number of carbonyl (C=O) groups is 2. The highest BCUT2D eigenvalue weighted by atomic mass is 16.4. The van der Waals surface area contributed by atoms with Gasteiger partial charge in [-0.05, 0) is 57.9 Å². The van der Waals surface area contributed by atoms with Crippen molar-refractivity contribution in [3.05, 3.63) is 59.2 Å². The molecule has 2 N–H and O–H groups in total. The molecule has 0 aromatic heterocycles. The summed E-state index contributed by atoms with van der Waals surface area (Å²) in [6.45, 7) is 11.0. The Balaban J connectivity index is 0.000000575. The van der Waals surface area contributed by atoms with Crippen LogP contribution >= 0.6 is 0 Å². The Kier molecular flexibility index (Phi) is 7.46. The van der Waals surface area contributed by atoms with E-state index < -0.39 is 11.9 Å². The van der Waals surface area contributed by atoms with Gasteiger partial charge in [0.15, 0.2) is 0 Å². The van der Waals surface area contributed by atoms with Gasteiger partial charge in [-0.15, -0.1) is 0 Å². The zero-order chi connectivity index (χ0) is 22.5. The third kappa shape index (κ3) is 5.94. The standard InChI is InChI=1S/C23H28O2.C3H6O2/c1-22(2)13-14-23(3,4)20-15-18(10-11-19(20)22)17-8-5-16(6-9-17)7-12-21(24)25;1-2-3(4)5/h5-6,8-11,15H,7,12-14H2,1-4H3,(H,24,25);2H2,1H3,(H,4,5). The van der Waals surface area contributed by atoms with Crippen LogP contribution in [0.15, 0.2) is 42.5 Å². The van der Waals surface area contributed by atoms with Gasteiger partial charge >= 0.3 is 11.9 Å². The van der Waals surface area contributed by atoms with E-state index in [1.807, 2.05) is 12.1 Å². The van der Waals surface area contributed by atoms with Crippen LogP contribution in [-0.4, -0.2) is 22.2 Å². The zero-order valence-corrected chi connectivity index (χ0v) is 18.8. The number of carboxylic acids is 2. The van der Waals surface area contributed by atoms with Gasteiger partial charge in [-0.25, -0.2) is 0 Å². The third-order valence-electron chi connectivity index (χ3n) is 6.07. The highest BCUT2D eigenvalue weighted by Gasteiger charge is 2.36. The molecule has 0 atom stereocenters. The number of hydrogen-bond acceptors (Lipinski definition) is 2. The number of benzene rings is 2. The van der Waals surface area contributed by atoms with E-state index in [2.05, 4.69) is 58.0 Å². The van der Waals surface area contributed by atoms with Gasteiger partial charge in [-0.3, -0.25) is 9.59 Å². The maximum atomic E-state index is 10.7. The number of carboxylic acid groups (broad SMARTS) is 2. The first-order chi connectivity index (χ1) is 14.0. The second-order valence-corrected chi connectivity index (χ2v) is 9.37. The van der Waals surface area contributed by atoms with Gasteiger partial charge in [-0.1, -0.05) is 77.1 Å². The van der Waals surface area contributed by atoms with E-state index in [9.17, 15) is 9.59 Å². The molecule has 0 amide bonds. The second kappa shape index (κ2) is 9.46. The molecular formula is C26H34O4. The van der Waals surface area contributed by atoms with Crippen LogP contribution in [0.1, 0.15) is 77.0 Å². The molecule has 0 spiro atoms. The van der Waals surface area contributed by atoms with Gasteiger partial charge in [0.1, 0.15) is 0 Å². The number of hydrogen-bond donors (Lipinski definition) is 2. The quantitative estimate of drug-likeness (QED) is 0.615. The molecule has 162 valence electrons. The summed E-state index contributed by atoms with van der Waals surface area (Å²) in [5.74, 6) is -1.49. The molecule has 0 radical (unpaired) electrons. The molecule has 2 aromatic carbocycles. The number of aryl methyl sites for hydroxylation is 1. The van der Waals surface area contributed by atoms with E-state index in [0.29, 0.717) is 6.42 Å². The molecule has 0 aliphatic heterocycles. The summed E-state index contributed by atoms with van der Waals surface area (Å²) in [6, 6.07) is 15.2. The molecule has 0 fully saturated rings. The summed E-state index contributed by atoms with van der Waals surface area (Å²) in [5, 5.41) is 16.5. The van der Waals surface area contributed by atoms with Crippen molar-refractivity contribution in [3.8, 4) is 11.1 Å². The lowest BCUT2D eigenvalue weighted by molar-refractivity contribution is -0.137. The van der Waals surface area contributed by atoms with Crippen LogP contribution in [0, 0.1) is 0 Å². The minimum Gasteiger partial charge on any atom is -0.481 e. The van der Waals surface area contributed by atoms with Gasteiger partial charge in [0.25, 0.3) is 0 Å². The Morgan fingerprint density at radius 1 is 0.800 bits per heavy atom. The molecule has 0 heterocycles. The van der Waals surface area contributed by atoms with Crippen LogP contribution in [0.25, 0.3) is 11.1 Å². The van der Waals surface area contributed by atoms with E-state index >= 15 is 0 Å². The monoisotopic (exact) mass is 410 g/mol. The van der Waals surface area contributed by atoms with Gasteiger partial charge in [0.05, 0.1) is 0 Å². The molecule has 1 aliphatic rings. The highest BCUT2D eigenvalue weighted by molar-refractivity contribution is 5.68. The van der Waals surface area contributed by atoms with E-state index in [1.165, 1.54) is 35.1 Å². The average Bonchev–Trinajstić information content (AvgIpc) is 2.70. The van der Waals surface area contributed by atoms with Crippen molar-refractivity contribution in [2.24, 2.45) is 0 Å². The Bertz CT molecular complexity index is 892. The molecule has 0 bridgehead atoms. The maximum Gasteiger partial charge on any atom is 0.303 e. The molecule has 4 nitrogen and oxygen atoms in total. The zero-order valence-electron chi connectivity index (χ0n) is 18.8. The van der Waals surface area contributed by atoms with Gasteiger partial charge in [0, 0.05) is 12.8 Å². The molecule has 0 saturated heterocycles. The van der Waals surface area contributed by atoms with Crippen LogP contribution in [0.3, 0.4) is 0 Å². The Labute approximate surface area is 180 Å². The number of rotatable bonds is 5. The summed E-state index contributed by atoms with van der Waals surface area (Å²) in [7, 11) is 0. The second-order valence-electron chi connectivity index (χ2n) is 9.37. The Hall–Kier alpha value is -2.62. The van der Waals surface area contributed by atoms with E-state index in [0.717, 1.165) is 5.56 Å². The Morgan fingerprint density at radius 2 is 1.30 bits per heavy atom. The van der Waals surface area contributed by atoms with Crippen LogP contribution in [0.4, 0.5) is 0 Å². The lowest BCUT2D eigenvalue weighted by atomic mass is 9.63. The van der Waals surface area contributed by atoms with Gasteiger partial charge in [0.2, 0.25) is 0 Å². The highest BCUT2D eigenvalue weighted by Crippen LogP contribution is 2.46. The first-order valence-corrected chi connectivity index (χ1v) is 10.6. The van der Waals surface area contributed by atoms with Crippen molar-refractivity contribution in [3.63, 3.8) is 0 Å². The molecule has 3 rings (SSSR count). The van der Waals surface area contributed by atoms with Crippen LogP contribution in [0.2, 0.25) is 0 Å². The molecular weight excluding hydrogens is 376 g/mol. The van der Waals surface area contributed by atoms with Crippen molar-refractivity contribution in [2.45, 2.75) is 77.6 Å². The summed E-state index contributed by atoms with van der Waals surface area (Å²) >= 11 is 0. The van der Waals surface area contributed by atoms with Crippen molar-refractivity contribution in [1.29, 1.82) is 0 Å². The summed E-state index contributed by atoms with van der Waals surface area (Å²) < 4.78 is 0. The molecule has 0 unspecified atom stereocenters. The topological polar surface area (TPSA) is 74.6 Å². The first kappa shape index (κ1) is 23.7. The Morgan fingerprint density at radius 3 is 1.80 bits per heavy atom. The predicted molar refractivity (Wildman–Crippen MR) is 121 cm³/mol. The minimum absolute atomic E-state index is 0.182. The molecule has 1 aliphatic carbocycles. The number of aliphatic carboxylic acids is 2. The minimum atomic E-state index is -0.747. The fourth-order valence-corrected chi connectivity index (χ4v) is 3.88. The van der Waals surface area contributed by atoms with Crippen molar-refractivity contribution < 1.29 is 19.8 Å². The first-order valence-electron chi connectivity index (χ1n) is 10.6. The predicted octanol–water partition coefficient (Wildman–Crippen LogP) is 6.20. The van der Waals surface area contributed by atoms with Gasteiger partial charge < -0.3 is 10.2 Å². The van der Waals surface area contributed by atoms with E-state index in [4.69, 9.17) is 10.2 Å². The van der Waals surface area contributed by atoms with Crippen molar-refractivity contribution in [1.82, 2.24) is 0 Å². The SMILES string of the molecule is CC1(C)CCC(C)(C)c2cc(-c3ccc(CCC(=O)O)cc3)ccc21.CCC(=O)O. The van der Waals surface area contributed by atoms with E-state index in [1.54, 1.807) is 6.92 Å². The fourth-order valence-electron chi connectivity index (χ4n) is 3.88. The van der Waals surface area contributed by atoms with Crippen LogP contribution < -0.4 is 0 Å². The lowest BCUT2D eigenvalue weighted by Gasteiger charge is -2.42. The lowest BCUT2D eigenvalue weighted by Crippen LogP contribution is -2.33. The molecule has 0 saturated carbocycles. The summed E-state index contributed by atoms with van der Waals surface area (Å²) in [4.78, 5) is 20.1. The van der Waals surface area contributed by atoms with Crippen molar-refractivity contribution >= 4 is 11.9 Å². The third-order valence-corrected chi connectivity index (χ3v) is 6.07. The summed E-state index contributed by atoms with van der Waals surface area (Å²) in [5.41, 5.74) is 6.91. The van der Waals surface area contributed by atoms with Crippen LogP contribution in [-0.2, 0) is 26.8 Å².